The second kappa shape index (κ2) is 8.85. The molecule has 2 aliphatic heterocycles. The summed E-state index contributed by atoms with van der Waals surface area (Å²) >= 11 is 0. The van der Waals surface area contributed by atoms with Crippen molar-refractivity contribution in [2.75, 3.05) is 26.4 Å². The molecular formula is C19H24F2O4. The van der Waals surface area contributed by atoms with Crippen LogP contribution in [0.15, 0.2) is 30.4 Å². The lowest BCUT2D eigenvalue weighted by Crippen LogP contribution is -2.33. The van der Waals surface area contributed by atoms with E-state index in [1.165, 1.54) is 6.07 Å². The third-order valence-electron chi connectivity index (χ3n) is 4.45. The Morgan fingerprint density at radius 2 is 1.68 bits per heavy atom. The first kappa shape index (κ1) is 18.5. The average molecular weight is 354 g/mol. The van der Waals surface area contributed by atoms with Gasteiger partial charge in [-0.2, -0.15) is 0 Å². The van der Waals surface area contributed by atoms with Crippen molar-refractivity contribution >= 4 is 0 Å². The van der Waals surface area contributed by atoms with Gasteiger partial charge in [0, 0.05) is 17.4 Å². The summed E-state index contributed by atoms with van der Waals surface area (Å²) in [5, 5.41) is 0. The molecule has 1 aromatic rings. The molecule has 4 nitrogen and oxygen atoms in total. The fraction of sp³-hybridized carbons (Fsp3) is 0.579. The van der Waals surface area contributed by atoms with E-state index in [0.29, 0.717) is 37.9 Å². The Hall–Kier alpha value is -1.34. The van der Waals surface area contributed by atoms with Crippen molar-refractivity contribution in [3.05, 3.63) is 47.5 Å². The molecule has 2 saturated heterocycles. The maximum atomic E-state index is 13.3. The van der Waals surface area contributed by atoms with Gasteiger partial charge in [0.25, 0.3) is 0 Å². The van der Waals surface area contributed by atoms with Crippen molar-refractivity contribution < 1.29 is 27.7 Å². The molecule has 0 aromatic heterocycles. The van der Waals surface area contributed by atoms with Crippen LogP contribution in [-0.2, 0) is 18.9 Å². The van der Waals surface area contributed by atoms with E-state index in [-0.39, 0.29) is 12.2 Å². The minimum atomic E-state index is -0.894. The SMILES string of the molecule is CC=CC1COC(CCC2COC(c3ccc(F)c(F)c3)OC2)OC1. The zero-order valence-electron chi connectivity index (χ0n) is 14.3. The fourth-order valence-corrected chi connectivity index (χ4v) is 3.04. The van der Waals surface area contributed by atoms with Crippen molar-refractivity contribution in [1.82, 2.24) is 0 Å². The van der Waals surface area contributed by atoms with Crippen molar-refractivity contribution in [1.29, 1.82) is 0 Å². The summed E-state index contributed by atoms with van der Waals surface area (Å²) in [6.07, 6.45) is 4.94. The van der Waals surface area contributed by atoms with Gasteiger partial charge in [-0.3, -0.25) is 0 Å². The van der Waals surface area contributed by atoms with Crippen molar-refractivity contribution in [2.45, 2.75) is 32.3 Å². The van der Waals surface area contributed by atoms with E-state index in [1.807, 2.05) is 13.0 Å². The van der Waals surface area contributed by atoms with Crippen LogP contribution in [0.2, 0.25) is 0 Å². The Morgan fingerprint density at radius 3 is 2.32 bits per heavy atom. The number of allylic oxidation sites excluding steroid dienone is 1. The lowest BCUT2D eigenvalue weighted by molar-refractivity contribution is -0.217. The lowest BCUT2D eigenvalue weighted by Gasteiger charge is -2.32. The van der Waals surface area contributed by atoms with Gasteiger partial charge < -0.3 is 18.9 Å². The van der Waals surface area contributed by atoms with Crippen LogP contribution >= 0.6 is 0 Å². The molecule has 2 heterocycles. The molecule has 138 valence electrons. The van der Waals surface area contributed by atoms with Crippen molar-refractivity contribution in [2.24, 2.45) is 11.8 Å². The van der Waals surface area contributed by atoms with Crippen LogP contribution < -0.4 is 0 Å². The lowest BCUT2D eigenvalue weighted by atomic mass is 10.0. The van der Waals surface area contributed by atoms with Gasteiger partial charge in [-0.25, -0.2) is 8.78 Å². The highest BCUT2D eigenvalue weighted by Gasteiger charge is 2.26. The number of halogens is 2. The first-order valence-corrected chi connectivity index (χ1v) is 8.70. The van der Waals surface area contributed by atoms with E-state index in [1.54, 1.807) is 0 Å². The van der Waals surface area contributed by atoms with E-state index in [9.17, 15) is 8.78 Å². The maximum Gasteiger partial charge on any atom is 0.183 e. The molecule has 0 unspecified atom stereocenters. The Balaban J connectivity index is 1.39. The quantitative estimate of drug-likeness (QED) is 0.750. The maximum absolute atomic E-state index is 13.3. The summed E-state index contributed by atoms with van der Waals surface area (Å²) in [5.74, 6) is -1.20. The van der Waals surface area contributed by atoms with Gasteiger partial charge in [0.05, 0.1) is 26.4 Å². The molecule has 0 bridgehead atoms. The number of ether oxygens (including phenoxy) is 4. The molecule has 6 heteroatoms. The summed E-state index contributed by atoms with van der Waals surface area (Å²) < 4.78 is 49.0. The fourth-order valence-electron chi connectivity index (χ4n) is 3.04. The van der Waals surface area contributed by atoms with Crippen LogP contribution in [-0.4, -0.2) is 32.7 Å². The summed E-state index contributed by atoms with van der Waals surface area (Å²) in [6.45, 7) is 4.38. The van der Waals surface area contributed by atoms with Gasteiger partial charge in [-0.1, -0.05) is 18.2 Å². The van der Waals surface area contributed by atoms with Gasteiger partial charge in [0.1, 0.15) is 0 Å². The third-order valence-corrected chi connectivity index (χ3v) is 4.45. The Labute approximate surface area is 146 Å². The number of hydrogen-bond donors (Lipinski definition) is 0. The molecule has 0 atom stereocenters. The molecule has 2 fully saturated rings. The molecule has 1 aromatic carbocycles. The van der Waals surface area contributed by atoms with E-state index < -0.39 is 17.9 Å². The monoisotopic (exact) mass is 354 g/mol. The van der Waals surface area contributed by atoms with Gasteiger partial charge in [0.15, 0.2) is 24.2 Å². The molecule has 2 aliphatic rings. The molecule has 0 aliphatic carbocycles. The average Bonchev–Trinajstić information content (AvgIpc) is 2.64. The van der Waals surface area contributed by atoms with Crippen LogP contribution in [0.1, 0.15) is 31.6 Å². The van der Waals surface area contributed by atoms with Gasteiger partial charge in [-0.15, -0.1) is 0 Å². The first-order valence-electron chi connectivity index (χ1n) is 8.70. The second-order valence-electron chi connectivity index (χ2n) is 6.50. The molecule has 0 amide bonds. The Morgan fingerprint density at radius 1 is 0.960 bits per heavy atom. The molecule has 0 radical (unpaired) electrons. The van der Waals surface area contributed by atoms with E-state index in [4.69, 9.17) is 18.9 Å². The molecule has 0 spiro atoms. The van der Waals surface area contributed by atoms with E-state index in [2.05, 4.69) is 6.08 Å². The zero-order valence-corrected chi connectivity index (χ0v) is 14.3. The first-order chi connectivity index (χ1) is 12.2. The highest BCUT2D eigenvalue weighted by atomic mass is 19.2. The second-order valence-corrected chi connectivity index (χ2v) is 6.50. The van der Waals surface area contributed by atoms with E-state index in [0.717, 1.165) is 25.0 Å². The summed E-state index contributed by atoms with van der Waals surface area (Å²) in [4.78, 5) is 0. The summed E-state index contributed by atoms with van der Waals surface area (Å²) in [6, 6.07) is 3.68. The predicted octanol–water partition coefficient (Wildman–Crippen LogP) is 3.97. The van der Waals surface area contributed by atoms with Crippen LogP contribution in [0.5, 0.6) is 0 Å². The predicted molar refractivity (Wildman–Crippen MR) is 87.7 cm³/mol. The smallest absolute Gasteiger partial charge is 0.183 e. The van der Waals surface area contributed by atoms with Crippen LogP contribution in [0.25, 0.3) is 0 Å². The standard InChI is InChI=1S/C19H24F2O4/c1-2-3-13-9-22-18(23-10-13)7-4-14-11-24-19(25-12-14)15-5-6-16(20)17(21)8-15/h2-3,5-6,8,13-14,18-19H,4,7,9-12H2,1H3. The normalized spacial score (nSPS) is 30.7. The third kappa shape index (κ3) is 5.07. The molecule has 0 saturated carbocycles. The minimum absolute atomic E-state index is 0.176. The van der Waals surface area contributed by atoms with Crippen LogP contribution in [0.4, 0.5) is 8.78 Å². The largest absolute Gasteiger partial charge is 0.352 e. The molecule has 25 heavy (non-hydrogen) atoms. The topological polar surface area (TPSA) is 36.9 Å². The summed E-state index contributed by atoms with van der Waals surface area (Å²) in [5.41, 5.74) is 0.492. The summed E-state index contributed by atoms with van der Waals surface area (Å²) in [7, 11) is 0. The van der Waals surface area contributed by atoms with Gasteiger partial charge >= 0.3 is 0 Å². The number of hydrogen-bond acceptors (Lipinski definition) is 4. The van der Waals surface area contributed by atoms with Crippen molar-refractivity contribution in [3.63, 3.8) is 0 Å². The van der Waals surface area contributed by atoms with Crippen molar-refractivity contribution in [3.8, 4) is 0 Å². The highest BCUT2D eigenvalue weighted by molar-refractivity contribution is 5.19. The Bertz CT molecular complexity index is 577. The van der Waals surface area contributed by atoms with Gasteiger partial charge in [0.2, 0.25) is 0 Å². The van der Waals surface area contributed by atoms with Crippen LogP contribution in [0.3, 0.4) is 0 Å². The Kier molecular flexibility index (Phi) is 6.53. The minimum Gasteiger partial charge on any atom is -0.352 e. The molecular weight excluding hydrogens is 330 g/mol. The molecule has 3 rings (SSSR count). The number of benzene rings is 1. The van der Waals surface area contributed by atoms with E-state index >= 15 is 0 Å². The zero-order chi connectivity index (χ0) is 17.6. The van der Waals surface area contributed by atoms with Gasteiger partial charge in [-0.05, 0) is 31.9 Å². The molecule has 0 N–H and O–H groups in total. The van der Waals surface area contributed by atoms with Crippen LogP contribution in [0, 0.1) is 23.5 Å². The number of rotatable bonds is 5. The highest BCUT2D eigenvalue weighted by Crippen LogP contribution is 2.28.